The van der Waals surface area contributed by atoms with E-state index in [-0.39, 0.29) is 10.9 Å². The molecule has 0 unspecified atom stereocenters. The molecule has 0 spiro atoms. The number of carbonyl (C=O) groups excluding carboxylic acids is 1. The summed E-state index contributed by atoms with van der Waals surface area (Å²) in [6.07, 6.45) is 5.50. The van der Waals surface area contributed by atoms with Crippen LogP contribution in [0.4, 0.5) is 5.69 Å². The SMILES string of the molecule is O=C(Nc1ccccc1)c1nnc(/C(Cl)=C\C=C\c2ccccc2)s1. The number of carbonyl (C=O) groups is 1. The van der Waals surface area contributed by atoms with Crippen LogP contribution in [0.5, 0.6) is 0 Å². The molecule has 3 aromatic rings. The Kier molecular flexibility index (Phi) is 5.72. The molecular weight excluding hydrogens is 354 g/mol. The predicted molar refractivity (Wildman–Crippen MR) is 104 cm³/mol. The van der Waals surface area contributed by atoms with Crippen molar-refractivity contribution in [2.24, 2.45) is 0 Å². The number of nitrogens with zero attached hydrogens (tertiary/aromatic N) is 2. The molecule has 1 heterocycles. The number of allylic oxidation sites excluding steroid dienone is 2. The minimum absolute atomic E-state index is 0.262. The van der Waals surface area contributed by atoms with Crippen molar-refractivity contribution in [2.75, 3.05) is 5.32 Å². The average Bonchev–Trinajstić information content (AvgIpc) is 3.14. The first-order chi connectivity index (χ1) is 12.2. The van der Waals surface area contributed by atoms with Crippen LogP contribution in [0.2, 0.25) is 0 Å². The van der Waals surface area contributed by atoms with Crippen molar-refractivity contribution in [3.05, 3.63) is 88.4 Å². The maximum atomic E-state index is 12.2. The standard InChI is InChI=1S/C19H14ClN3OS/c20-16(13-7-10-14-8-3-1-4-9-14)18-22-23-19(25-18)17(24)21-15-11-5-2-6-12-15/h1-13H,(H,21,24)/b10-7+,16-13+. The summed E-state index contributed by atoms with van der Waals surface area (Å²) in [5.41, 5.74) is 1.78. The smallest absolute Gasteiger partial charge is 0.286 e. The second-order valence-electron chi connectivity index (χ2n) is 5.02. The number of nitrogens with one attached hydrogen (secondary N) is 1. The van der Waals surface area contributed by atoms with Crippen LogP contribution in [0.3, 0.4) is 0 Å². The van der Waals surface area contributed by atoms with Crippen LogP contribution >= 0.6 is 22.9 Å². The van der Waals surface area contributed by atoms with Gasteiger partial charge in [-0.2, -0.15) is 0 Å². The van der Waals surface area contributed by atoms with Crippen LogP contribution in [0.15, 0.2) is 72.8 Å². The Bertz CT molecular complexity index is 905. The molecule has 0 bridgehead atoms. The summed E-state index contributed by atoms with van der Waals surface area (Å²) in [5.74, 6) is -0.306. The van der Waals surface area contributed by atoms with Gasteiger partial charge in [-0.1, -0.05) is 83.6 Å². The number of anilines is 1. The molecule has 124 valence electrons. The van der Waals surface area contributed by atoms with Crippen LogP contribution in [-0.2, 0) is 0 Å². The molecule has 0 aliphatic heterocycles. The molecule has 2 aromatic carbocycles. The normalized spacial score (nSPS) is 11.6. The molecule has 1 amide bonds. The molecule has 0 saturated carbocycles. The second kappa shape index (κ2) is 8.37. The Morgan fingerprint density at radius 2 is 1.60 bits per heavy atom. The summed E-state index contributed by atoms with van der Waals surface area (Å²) in [4.78, 5) is 12.2. The number of amides is 1. The van der Waals surface area contributed by atoms with Crippen molar-refractivity contribution in [3.63, 3.8) is 0 Å². The molecule has 0 radical (unpaired) electrons. The molecule has 1 aromatic heterocycles. The van der Waals surface area contributed by atoms with E-state index in [0.29, 0.717) is 15.7 Å². The lowest BCUT2D eigenvalue weighted by Crippen LogP contribution is -2.11. The van der Waals surface area contributed by atoms with Gasteiger partial charge in [0, 0.05) is 5.69 Å². The minimum atomic E-state index is -0.306. The van der Waals surface area contributed by atoms with E-state index in [1.165, 1.54) is 0 Å². The van der Waals surface area contributed by atoms with Crippen LogP contribution in [0, 0.1) is 0 Å². The molecule has 3 rings (SSSR count). The van der Waals surface area contributed by atoms with Gasteiger partial charge in [0.05, 0.1) is 5.03 Å². The van der Waals surface area contributed by atoms with Crippen LogP contribution in [0.1, 0.15) is 20.4 Å². The number of hydrogen-bond donors (Lipinski definition) is 1. The van der Waals surface area contributed by atoms with E-state index in [1.807, 2.05) is 60.7 Å². The number of benzene rings is 2. The lowest BCUT2D eigenvalue weighted by Gasteiger charge is -2.00. The van der Waals surface area contributed by atoms with Gasteiger partial charge < -0.3 is 5.32 Å². The first-order valence-electron chi connectivity index (χ1n) is 7.51. The number of aromatic nitrogens is 2. The van der Waals surface area contributed by atoms with Gasteiger partial charge in [0.2, 0.25) is 5.01 Å². The zero-order chi connectivity index (χ0) is 17.5. The Morgan fingerprint density at radius 1 is 0.960 bits per heavy atom. The van der Waals surface area contributed by atoms with E-state index in [1.54, 1.807) is 18.2 Å². The Balaban J connectivity index is 1.67. The highest BCUT2D eigenvalue weighted by Crippen LogP contribution is 2.23. The zero-order valence-electron chi connectivity index (χ0n) is 13.1. The van der Waals surface area contributed by atoms with E-state index in [9.17, 15) is 4.79 Å². The zero-order valence-corrected chi connectivity index (χ0v) is 14.7. The van der Waals surface area contributed by atoms with Crippen LogP contribution in [0.25, 0.3) is 11.1 Å². The fourth-order valence-corrected chi connectivity index (χ4v) is 2.88. The molecule has 1 N–H and O–H groups in total. The van der Waals surface area contributed by atoms with Gasteiger partial charge in [-0.05, 0) is 23.8 Å². The summed E-state index contributed by atoms with van der Waals surface area (Å²) >= 11 is 7.38. The third-order valence-corrected chi connectivity index (χ3v) is 4.56. The first-order valence-corrected chi connectivity index (χ1v) is 8.71. The third kappa shape index (κ3) is 4.86. The Hall–Kier alpha value is -2.76. The monoisotopic (exact) mass is 367 g/mol. The van der Waals surface area contributed by atoms with E-state index >= 15 is 0 Å². The highest BCUT2D eigenvalue weighted by molar-refractivity contribution is 7.15. The van der Waals surface area contributed by atoms with E-state index in [0.717, 1.165) is 16.9 Å². The van der Waals surface area contributed by atoms with E-state index < -0.39 is 0 Å². The molecule has 6 heteroatoms. The van der Waals surface area contributed by atoms with Gasteiger partial charge in [0.15, 0.2) is 5.01 Å². The lowest BCUT2D eigenvalue weighted by atomic mass is 10.2. The molecule has 0 atom stereocenters. The first kappa shape index (κ1) is 17.1. The largest absolute Gasteiger partial charge is 0.320 e. The molecule has 0 aliphatic rings. The van der Waals surface area contributed by atoms with Crippen molar-refractivity contribution >= 4 is 45.6 Å². The maximum absolute atomic E-state index is 12.2. The number of para-hydroxylation sites is 1. The van der Waals surface area contributed by atoms with E-state index in [4.69, 9.17) is 11.6 Å². The molecule has 0 saturated heterocycles. The molecule has 4 nitrogen and oxygen atoms in total. The number of rotatable bonds is 5. The van der Waals surface area contributed by atoms with Crippen LogP contribution < -0.4 is 5.32 Å². The van der Waals surface area contributed by atoms with Gasteiger partial charge in [0.1, 0.15) is 0 Å². The van der Waals surface area contributed by atoms with Gasteiger partial charge in [-0.3, -0.25) is 4.79 Å². The summed E-state index contributed by atoms with van der Waals surface area (Å²) in [6.45, 7) is 0. The Labute approximate surface area is 154 Å². The highest BCUT2D eigenvalue weighted by atomic mass is 35.5. The number of halogens is 1. The lowest BCUT2D eigenvalue weighted by molar-refractivity contribution is 0.102. The van der Waals surface area contributed by atoms with Crippen molar-refractivity contribution in [1.29, 1.82) is 0 Å². The minimum Gasteiger partial charge on any atom is -0.320 e. The fourth-order valence-electron chi connectivity index (χ4n) is 2.00. The Morgan fingerprint density at radius 3 is 2.32 bits per heavy atom. The van der Waals surface area contributed by atoms with Crippen molar-refractivity contribution < 1.29 is 4.79 Å². The summed E-state index contributed by atoms with van der Waals surface area (Å²) in [6, 6.07) is 19.1. The summed E-state index contributed by atoms with van der Waals surface area (Å²) in [5, 5.41) is 11.8. The molecule has 0 aliphatic carbocycles. The van der Waals surface area contributed by atoms with Gasteiger partial charge in [-0.25, -0.2) is 0 Å². The van der Waals surface area contributed by atoms with Gasteiger partial charge in [-0.15, -0.1) is 10.2 Å². The topological polar surface area (TPSA) is 54.9 Å². The fraction of sp³-hybridized carbons (Fsp3) is 0. The van der Waals surface area contributed by atoms with Crippen molar-refractivity contribution in [3.8, 4) is 0 Å². The number of hydrogen-bond acceptors (Lipinski definition) is 4. The quantitative estimate of drug-likeness (QED) is 0.639. The second-order valence-corrected chi connectivity index (χ2v) is 6.40. The van der Waals surface area contributed by atoms with Gasteiger partial charge >= 0.3 is 0 Å². The maximum Gasteiger partial charge on any atom is 0.286 e. The van der Waals surface area contributed by atoms with E-state index in [2.05, 4.69) is 15.5 Å². The predicted octanol–water partition coefficient (Wildman–Crippen LogP) is 5.08. The average molecular weight is 368 g/mol. The molecule has 25 heavy (non-hydrogen) atoms. The van der Waals surface area contributed by atoms with Crippen LogP contribution in [-0.4, -0.2) is 16.1 Å². The van der Waals surface area contributed by atoms with Gasteiger partial charge in [0.25, 0.3) is 5.91 Å². The highest BCUT2D eigenvalue weighted by Gasteiger charge is 2.14. The van der Waals surface area contributed by atoms with Crippen molar-refractivity contribution in [2.45, 2.75) is 0 Å². The summed E-state index contributed by atoms with van der Waals surface area (Å²) < 4.78 is 0. The van der Waals surface area contributed by atoms with Crippen molar-refractivity contribution in [1.82, 2.24) is 10.2 Å². The molecular formula is C19H14ClN3OS. The third-order valence-electron chi connectivity index (χ3n) is 3.19. The summed E-state index contributed by atoms with van der Waals surface area (Å²) in [7, 11) is 0. The molecule has 0 fully saturated rings.